The van der Waals surface area contributed by atoms with E-state index in [0.29, 0.717) is 6.42 Å². The summed E-state index contributed by atoms with van der Waals surface area (Å²) >= 11 is 6.25. The quantitative estimate of drug-likeness (QED) is 0.736. The van der Waals surface area contributed by atoms with Crippen LogP contribution in [0.2, 0.25) is 0 Å². The first kappa shape index (κ1) is 12.2. The van der Waals surface area contributed by atoms with E-state index >= 15 is 0 Å². The average Bonchev–Trinajstić information content (AvgIpc) is 2.18. The zero-order chi connectivity index (χ0) is 11.5. The number of carbonyl (C=O) groups is 1. The van der Waals surface area contributed by atoms with Crippen molar-refractivity contribution in [3.8, 4) is 0 Å². The number of hydrogen-bond donors (Lipinski definition) is 0. The van der Waals surface area contributed by atoms with Crippen LogP contribution in [-0.2, 0) is 4.79 Å². The molecule has 15 heavy (non-hydrogen) atoms. The second kappa shape index (κ2) is 4.75. The van der Waals surface area contributed by atoms with E-state index in [1.165, 1.54) is 0 Å². The van der Waals surface area contributed by atoms with E-state index in [9.17, 15) is 4.79 Å². The molecule has 0 aliphatic rings. The lowest BCUT2D eigenvalue weighted by Crippen LogP contribution is -2.22. The van der Waals surface area contributed by atoms with Crippen molar-refractivity contribution in [2.24, 2.45) is 5.41 Å². The maximum Gasteiger partial charge on any atom is 0.135 e. The summed E-state index contributed by atoms with van der Waals surface area (Å²) in [6.45, 7) is 5.45. The molecule has 0 spiro atoms. The molecule has 1 unspecified atom stereocenters. The van der Waals surface area contributed by atoms with E-state index < -0.39 is 0 Å². The zero-order valence-electron chi connectivity index (χ0n) is 9.33. The molecule has 0 fully saturated rings. The van der Waals surface area contributed by atoms with Gasteiger partial charge >= 0.3 is 0 Å². The van der Waals surface area contributed by atoms with Crippen molar-refractivity contribution in [1.82, 2.24) is 4.98 Å². The molecule has 0 saturated carbocycles. The maximum absolute atomic E-state index is 11.4. The number of pyridine rings is 1. The molecule has 0 N–H and O–H groups in total. The molecule has 0 radical (unpaired) electrons. The predicted octanol–water partition coefficient (Wildman–Crippen LogP) is 3.37. The van der Waals surface area contributed by atoms with Gasteiger partial charge in [-0.1, -0.05) is 13.8 Å². The minimum Gasteiger partial charge on any atom is -0.299 e. The Labute approximate surface area is 95.7 Å². The molecule has 0 aliphatic heterocycles. The molecule has 2 nitrogen and oxygen atoms in total. The lowest BCUT2D eigenvalue weighted by Gasteiger charge is -2.24. The lowest BCUT2D eigenvalue weighted by molar-refractivity contribution is -0.125. The maximum atomic E-state index is 11.4. The fraction of sp³-hybridized carbons (Fsp3) is 0.500. The number of hydrogen-bond acceptors (Lipinski definition) is 2. The largest absolute Gasteiger partial charge is 0.299 e. The number of Topliss-reactive ketones (excluding diaryl/α,β-unsaturated/α-hetero) is 1. The minimum absolute atomic E-state index is 0.133. The summed E-state index contributed by atoms with van der Waals surface area (Å²) in [4.78, 5) is 15.3. The van der Waals surface area contributed by atoms with Crippen molar-refractivity contribution < 1.29 is 4.79 Å². The van der Waals surface area contributed by atoms with Gasteiger partial charge in [-0.15, -0.1) is 11.6 Å². The van der Waals surface area contributed by atoms with Crippen molar-refractivity contribution in [2.75, 3.05) is 0 Å². The number of nitrogens with zero attached hydrogens (tertiary/aromatic N) is 1. The van der Waals surface area contributed by atoms with Crippen LogP contribution in [-0.4, -0.2) is 10.8 Å². The smallest absolute Gasteiger partial charge is 0.135 e. The van der Waals surface area contributed by atoms with Gasteiger partial charge in [0.1, 0.15) is 5.78 Å². The fourth-order valence-corrected chi connectivity index (χ4v) is 1.81. The van der Waals surface area contributed by atoms with Gasteiger partial charge in [-0.2, -0.15) is 0 Å². The summed E-state index contributed by atoms with van der Waals surface area (Å²) in [5, 5.41) is -0.133. The first-order valence-corrected chi connectivity index (χ1v) is 5.42. The van der Waals surface area contributed by atoms with Crippen LogP contribution in [0.4, 0.5) is 0 Å². The van der Waals surface area contributed by atoms with Gasteiger partial charge in [0.25, 0.3) is 0 Å². The van der Waals surface area contributed by atoms with Gasteiger partial charge in [-0.25, -0.2) is 0 Å². The van der Waals surface area contributed by atoms with Crippen LogP contribution in [0.15, 0.2) is 24.5 Å². The number of aromatic nitrogens is 1. The zero-order valence-corrected chi connectivity index (χ0v) is 10.1. The van der Waals surface area contributed by atoms with Crippen molar-refractivity contribution in [1.29, 1.82) is 0 Å². The fourth-order valence-electron chi connectivity index (χ4n) is 1.28. The van der Waals surface area contributed by atoms with Gasteiger partial charge in [0.15, 0.2) is 0 Å². The Morgan fingerprint density at radius 1 is 1.47 bits per heavy atom. The Morgan fingerprint density at radius 2 is 2.00 bits per heavy atom. The predicted molar refractivity (Wildman–Crippen MR) is 61.9 cm³/mol. The summed E-state index contributed by atoms with van der Waals surface area (Å²) in [6.07, 6.45) is 4.07. The third-order valence-electron chi connectivity index (χ3n) is 2.71. The lowest BCUT2D eigenvalue weighted by atomic mass is 9.83. The molecular weight excluding hydrogens is 210 g/mol. The number of rotatable bonds is 4. The Balaban J connectivity index is 2.72. The molecule has 0 aliphatic carbocycles. The van der Waals surface area contributed by atoms with E-state index in [1.54, 1.807) is 19.3 Å². The number of halogens is 1. The number of carbonyl (C=O) groups excluding carboxylic acids is 1. The van der Waals surface area contributed by atoms with E-state index in [0.717, 1.165) is 5.56 Å². The van der Waals surface area contributed by atoms with Gasteiger partial charge < -0.3 is 0 Å². The van der Waals surface area contributed by atoms with Gasteiger partial charge in [0.2, 0.25) is 0 Å². The first-order valence-electron chi connectivity index (χ1n) is 4.98. The van der Waals surface area contributed by atoms with Crippen LogP contribution >= 0.6 is 11.6 Å². The molecule has 0 saturated heterocycles. The van der Waals surface area contributed by atoms with Gasteiger partial charge in [0.05, 0.1) is 5.38 Å². The van der Waals surface area contributed by atoms with Crippen molar-refractivity contribution in [2.45, 2.75) is 32.6 Å². The van der Waals surface area contributed by atoms with Crippen LogP contribution in [0.3, 0.4) is 0 Å². The molecule has 1 heterocycles. The molecule has 1 aromatic rings. The summed E-state index contributed by atoms with van der Waals surface area (Å²) in [5.41, 5.74) is 0.649. The highest BCUT2D eigenvalue weighted by molar-refractivity contribution is 6.21. The molecule has 1 rings (SSSR count). The first-order chi connectivity index (χ1) is 6.93. The second-order valence-corrected chi connectivity index (χ2v) is 4.92. The monoisotopic (exact) mass is 225 g/mol. The molecule has 1 aromatic heterocycles. The van der Waals surface area contributed by atoms with Crippen molar-refractivity contribution in [3.63, 3.8) is 0 Å². The second-order valence-electron chi connectivity index (χ2n) is 4.39. The van der Waals surface area contributed by atoms with Crippen LogP contribution in [0.5, 0.6) is 0 Å². The number of ketones is 1. The molecule has 0 aromatic carbocycles. The van der Waals surface area contributed by atoms with Crippen LogP contribution in [0, 0.1) is 5.41 Å². The summed E-state index contributed by atoms with van der Waals surface area (Å²) in [5.74, 6) is 0.169. The Bertz CT molecular complexity index is 335. The third-order valence-corrected chi connectivity index (χ3v) is 3.12. The highest BCUT2D eigenvalue weighted by Gasteiger charge is 2.27. The standard InChI is InChI=1S/C12H16ClNO/c1-9(15)12(2,3)8-11(13)10-4-6-14-7-5-10/h4-7,11H,8H2,1-3H3. The van der Waals surface area contributed by atoms with E-state index in [-0.39, 0.29) is 16.6 Å². The van der Waals surface area contributed by atoms with Crippen LogP contribution in [0.1, 0.15) is 38.1 Å². The molecule has 1 atom stereocenters. The molecule has 0 amide bonds. The normalized spacial score (nSPS) is 13.6. The van der Waals surface area contributed by atoms with Crippen LogP contribution in [0.25, 0.3) is 0 Å². The molecule has 3 heteroatoms. The van der Waals surface area contributed by atoms with Crippen LogP contribution < -0.4 is 0 Å². The topological polar surface area (TPSA) is 30.0 Å². The van der Waals surface area contributed by atoms with Crippen molar-refractivity contribution in [3.05, 3.63) is 30.1 Å². The SMILES string of the molecule is CC(=O)C(C)(C)CC(Cl)c1ccncc1. The summed E-state index contributed by atoms with van der Waals surface area (Å²) < 4.78 is 0. The van der Waals surface area contributed by atoms with Gasteiger partial charge in [0, 0.05) is 17.8 Å². The third kappa shape index (κ3) is 3.31. The van der Waals surface area contributed by atoms with E-state index in [1.807, 2.05) is 26.0 Å². The Hall–Kier alpha value is -0.890. The van der Waals surface area contributed by atoms with Gasteiger partial charge in [-0.05, 0) is 31.0 Å². The van der Waals surface area contributed by atoms with Gasteiger partial charge in [-0.3, -0.25) is 9.78 Å². The Morgan fingerprint density at radius 3 is 2.47 bits per heavy atom. The molecule has 0 bridgehead atoms. The highest BCUT2D eigenvalue weighted by Crippen LogP contribution is 2.34. The van der Waals surface area contributed by atoms with E-state index in [4.69, 9.17) is 11.6 Å². The highest BCUT2D eigenvalue weighted by atomic mass is 35.5. The average molecular weight is 226 g/mol. The molecule has 82 valence electrons. The molecular formula is C12H16ClNO. The van der Waals surface area contributed by atoms with Crippen molar-refractivity contribution >= 4 is 17.4 Å². The number of alkyl halides is 1. The Kier molecular flexibility index (Phi) is 3.86. The minimum atomic E-state index is -0.365. The summed E-state index contributed by atoms with van der Waals surface area (Å²) in [6, 6.07) is 3.77. The van der Waals surface area contributed by atoms with E-state index in [2.05, 4.69) is 4.98 Å². The summed E-state index contributed by atoms with van der Waals surface area (Å²) in [7, 11) is 0.